The Morgan fingerprint density at radius 3 is 1.55 bits per heavy atom. The summed E-state index contributed by atoms with van der Waals surface area (Å²) in [7, 11) is 0. The number of benzene rings is 10. The van der Waals surface area contributed by atoms with Crippen LogP contribution in [0.5, 0.6) is 0 Å². The zero-order valence-corrected chi connectivity index (χ0v) is 35.3. The van der Waals surface area contributed by atoms with Crippen LogP contribution < -0.4 is 0 Å². The minimum absolute atomic E-state index is 0.649. The quantitative estimate of drug-likeness (QED) is 0.168. The molecule has 0 N–H and O–H groups in total. The Morgan fingerprint density at radius 1 is 0.328 bits per heavy atom. The van der Waals surface area contributed by atoms with Gasteiger partial charge in [0.2, 0.25) is 0 Å². The molecule has 0 saturated carbocycles. The van der Waals surface area contributed by atoms with E-state index < -0.39 is 0 Å². The Hall–Kier alpha value is -8.25. The van der Waals surface area contributed by atoms with Gasteiger partial charge in [0.15, 0.2) is 17.5 Å². The Kier molecular flexibility index (Phi) is 8.36. The summed E-state index contributed by atoms with van der Waals surface area (Å²) in [5.74, 6) is 1.96. The van der Waals surface area contributed by atoms with Crippen molar-refractivity contribution in [3.63, 3.8) is 0 Å². The molecule has 0 fully saturated rings. The molecule has 5 heteroatoms. The molecule has 0 bridgehead atoms. The minimum atomic E-state index is 0.649. The van der Waals surface area contributed by atoms with E-state index in [4.69, 9.17) is 15.0 Å². The summed E-state index contributed by atoms with van der Waals surface area (Å²) < 4.78 is 4.79. The van der Waals surface area contributed by atoms with E-state index in [0.29, 0.717) is 17.5 Å². The molecule has 0 spiro atoms. The Bertz CT molecular complexity index is 3850. The van der Waals surface area contributed by atoms with E-state index in [1.807, 2.05) is 29.5 Å². The highest BCUT2D eigenvalue weighted by Crippen LogP contribution is 2.46. The number of fused-ring (bicyclic) bond motifs is 9. The van der Waals surface area contributed by atoms with Crippen LogP contribution in [-0.2, 0) is 0 Å². The molecule has 64 heavy (non-hydrogen) atoms. The molecule has 298 valence electrons. The molecule has 0 radical (unpaired) electrons. The van der Waals surface area contributed by atoms with Crippen LogP contribution in [0.2, 0.25) is 0 Å². The summed E-state index contributed by atoms with van der Waals surface area (Å²) in [6.45, 7) is 0. The van der Waals surface area contributed by atoms with E-state index in [-0.39, 0.29) is 0 Å². The predicted molar refractivity (Wildman–Crippen MR) is 269 cm³/mol. The zero-order chi connectivity index (χ0) is 42.1. The molecule has 0 unspecified atom stereocenters. The van der Waals surface area contributed by atoms with Gasteiger partial charge in [-0.05, 0) is 92.3 Å². The average Bonchev–Trinajstić information content (AvgIpc) is 3.92. The number of hydrogen-bond acceptors (Lipinski definition) is 4. The third-order valence-corrected chi connectivity index (χ3v) is 13.8. The summed E-state index contributed by atoms with van der Waals surface area (Å²) in [6.07, 6.45) is 0. The van der Waals surface area contributed by atoms with Crippen molar-refractivity contribution < 1.29 is 0 Å². The molecule has 0 aliphatic rings. The van der Waals surface area contributed by atoms with Gasteiger partial charge in [0.05, 0.1) is 11.0 Å². The van der Waals surface area contributed by atoms with Gasteiger partial charge >= 0.3 is 0 Å². The van der Waals surface area contributed by atoms with Gasteiger partial charge in [-0.15, -0.1) is 11.3 Å². The van der Waals surface area contributed by atoms with Crippen LogP contribution >= 0.6 is 11.3 Å². The third kappa shape index (κ3) is 6.01. The maximum atomic E-state index is 5.30. The van der Waals surface area contributed by atoms with Crippen molar-refractivity contribution in [2.45, 2.75) is 0 Å². The van der Waals surface area contributed by atoms with Crippen LogP contribution in [0.4, 0.5) is 0 Å². The van der Waals surface area contributed by atoms with Crippen molar-refractivity contribution in [3.8, 4) is 62.1 Å². The first-order valence-electron chi connectivity index (χ1n) is 21.6. The molecule has 13 aromatic rings. The molecule has 3 aromatic heterocycles. The number of hydrogen-bond donors (Lipinski definition) is 0. The lowest BCUT2D eigenvalue weighted by atomic mass is 9.99. The first-order chi connectivity index (χ1) is 31.7. The maximum Gasteiger partial charge on any atom is 0.165 e. The lowest BCUT2D eigenvalue weighted by Crippen LogP contribution is -2.00. The van der Waals surface area contributed by atoms with Crippen molar-refractivity contribution in [3.05, 3.63) is 218 Å². The van der Waals surface area contributed by atoms with Crippen LogP contribution in [-0.4, -0.2) is 19.5 Å². The van der Waals surface area contributed by atoms with E-state index in [9.17, 15) is 0 Å². The number of aromatic nitrogens is 4. The normalized spacial score (nSPS) is 11.8. The summed E-state index contributed by atoms with van der Waals surface area (Å²) in [5, 5.41) is 9.57. The second kappa shape index (κ2) is 14.7. The van der Waals surface area contributed by atoms with Crippen molar-refractivity contribution in [1.29, 1.82) is 0 Å². The Labute approximate surface area is 373 Å². The first-order valence-corrected chi connectivity index (χ1v) is 22.4. The highest BCUT2D eigenvalue weighted by Gasteiger charge is 2.21. The van der Waals surface area contributed by atoms with Crippen LogP contribution in [0.3, 0.4) is 0 Å². The summed E-state index contributed by atoms with van der Waals surface area (Å²) in [4.78, 5) is 15.7. The summed E-state index contributed by atoms with van der Waals surface area (Å²) in [6, 6.07) is 78.2. The molecule has 0 aliphatic heterocycles. The molecule has 3 heterocycles. The molecular weight excluding hydrogens is 797 g/mol. The third-order valence-electron chi connectivity index (χ3n) is 12.6. The van der Waals surface area contributed by atoms with Gasteiger partial charge in [-0.3, -0.25) is 0 Å². The summed E-state index contributed by atoms with van der Waals surface area (Å²) in [5.41, 5.74) is 11.2. The minimum Gasteiger partial charge on any atom is -0.309 e. The van der Waals surface area contributed by atoms with Gasteiger partial charge in [0.1, 0.15) is 0 Å². The highest BCUT2D eigenvalue weighted by atomic mass is 32.1. The lowest BCUT2D eigenvalue weighted by molar-refractivity contribution is 1.08. The van der Waals surface area contributed by atoms with Crippen LogP contribution in [0.25, 0.3) is 126 Å². The Morgan fingerprint density at radius 2 is 0.875 bits per heavy atom. The van der Waals surface area contributed by atoms with Crippen molar-refractivity contribution in [2.75, 3.05) is 0 Å². The highest BCUT2D eigenvalue weighted by molar-refractivity contribution is 7.26. The average molecular weight is 833 g/mol. The van der Waals surface area contributed by atoms with Gasteiger partial charge in [-0.1, -0.05) is 170 Å². The van der Waals surface area contributed by atoms with Crippen molar-refractivity contribution in [1.82, 2.24) is 19.5 Å². The molecule has 13 rings (SSSR count). The van der Waals surface area contributed by atoms with E-state index in [1.54, 1.807) is 0 Å². The van der Waals surface area contributed by atoms with Gasteiger partial charge < -0.3 is 4.57 Å². The molecule has 0 aliphatic carbocycles. The molecule has 0 amide bonds. The van der Waals surface area contributed by atoms with Gasteiger partial charge in [0.25, 0.3) is 0 Å². The SMILES string of the molecule is c1ccc(-c2ccc3c(c2)c2cc(-c4ccccc4)ccc2n3-c2ccc3c(c2)sc2c(-c4nc(-c5ccccc5)nc(-c5ccc6ccccc6c5)n4)cc4ccccc4c23)cc1. The Balaban J connectivity index is 1.03. The molecule has 0 saturated heterocycles. The zero-order valence-electron chi connectivity index (χ0n) is 34.5. The largest absolute Gasteiger partial charge is 0.309 e. The van der Waals surface area contributed by atoms with E-state index in [0.717, 1.165) is 37.9 Å². The topological polar surface area (TPSA) is 43.6 Å². The molecular formula is C59H36N4S. The standard InChI is InChI=1S/C59H36N4S/c1-4-14-37(15-5-1)42-26-30-52-49(33-42)50-34-43(38-16-6-2-7-17-38)27-31-53(50)63(52)46-28-29-48-54(36-46)64-56-51(35-44-22-12-13-23-47(44)55(48)56)59-61-57(40-19-8-3-9-20-40)60-58(62-59)45-25-24-39-18-10-11-21-41(39)32-45/h1-36H. The van der Waals surface area contributed by atoms with Crippen molar-refractivity contribution >= 4 is 74.9 Å². The van der Waals surface area contributed by atoms with Gasteiger partial charge in [-0.2, -0.15) is 0 Å². The van der Waals surface area contributed by atoms with Gasteiger partial charge in [-0.25, -0.2) is 15.0 Å². The van der Waals surface area contributed by atoms with E-state index >= 15 is 0 Å². The van der Waals surface area contributed by atoms with E-state index in [1.165, 1.54) is 70.3 Å². The van der Waals surface area contributed by atoms with Crippen LogP contribution in [0, 0.1) is 0 Å². The van der Waals surface area contributed by atoms with Crippen LogP contribution in [0.15, 0.2) is 218 Å². The van der Waals surface area contributed by atoms with E-state index in [2.05, 4.69) is 205 Å². The number of nitrogens with zero attached hydrogens (tertiary/aromatic N) is 4. The second-order valence-electron chi connectivity index (χ2n) is 16.4. The molecule has 0 atom stereocenters. The van der Waals surface area contributed by atoms with Crippen molar-refractivity contribution in [2.24, 2.45) is 0 Å². The fourth-order valence-electron chi connectivity index (χ4n) is 9.51. The fourth-order valence-corrected chi connectivity index (χ4v) is 10.8. The molecule has 4 nitrogen and oxygen atoms in total. The predicted octanol–water partition coefficient (Wildman–Crippen LogP) is 16.0. The van der Waals surface area contributed by atoms with Gasteiger partial charge in [0, 0.05) is 53.3 Å². The summed E-state index contributed by atoms with van der Waals surface area (Å²) >= 11 is 1.81. The lowest BCUT2D eigenvalue weighted by Gasteiger charge is -2.11. The molecule has 10 aromatic carbocycles. The second-order valence-corrected chi connectivity index (χ2v) is 17.4. The number of rotatable bonds is 6. The number of thiophene rings is 1. The van der Waals surface area contributed by atoms with Crippen LogP contribution in [0.1, 0.15) is 0 Å². The smallest absolute Gasteiger partial charge is 0.165 e. The fraction of sp³-hybridized carbons (Fsp3) is 0. The monoisotopic (exact) mass is 832 g/mol. The first kappa shape index (κ1) is 36.4. The maximum absolute atomic E-state index is 5.30.